The Hall–Kier alpha value is -2.81. The van der Waals surface area contributed by atoms with Crippen LogP contribution in [0.25, 0.3) is 0 Å². The summed E-state index contributed by atoms with van der Waals surface area (Å²) in [5, 5.41) is 4.13. The minimum atomic E-state index is -0.615. The standard InChI is InChI=1S/C21H26N4O4S/c1-13-14(2)22-24(4)20(27)18(13)21(28)25-12-30-11-17(25)19(26)23(3)10-15-7-6-8-16(9-15)29-5/h6-9,17H,10-12H2,1-5H3/t17-/m1/s1. The van der Waals surface area contributed by atoms with Crippen LogP contribution in [0.15, 0.2) is 29.1 Å². The molecule has 0 aliphatic carbocycles. The number of hydrogen-bond acceptors (Lipinski definition) is 6. The molecular formula is C21H26N4O4S. The molecule has 0 N–H and O–H groups in total. The maximum atomic E-state index is 13.3. The molecule has 1 saturated heterocycles. The first-order valence-electron chi connectivity index (χ1n) is 9.55. The molecule has 1 aliphatic heterocycles. The van der Waals surface area contributed by atoms with Gasteiger partial charge in [-0.3, -0.25) is 14.4 Å². The number of nitrogens with zero attached hydrogens (tertiary/aromatic N) is 4. The van der Waals surface area contributed by atoms with Crippen LogP contribution in [0, 0.1) is 13.8 Å². The number of ether oxygens (including phenoxy) is 1. The summed E-state index contributed by atoms with van der Waals surface area (Å²) >= 11 is 1.50. The maximum absolute atomic E-state index is 13.3. The summed E-state index contributed by atoms with van der Waals surface area (Å²) in [5.74, 6) is 1.01. The summed E-state index contributed by atoms with van der Waals surface area (Å²) in [7, 11) is 4.84. The zero-order chi connectivity index (χ0) is 22.0. The van der Waals surface area contributed by atoms with Crippen LogP contribution in [-0.2, 0) is 18.4 Å². The number of amides is 2. The first kappa shape index (κ1) is 21.9. The third kappa shape index (κ3) is 4.21. The van der Waals surface area contributed by atoms with Gasteiger partial charge in [0.1, 0.15) is 17.4 Å². The number of rotatable bonds is 5. The van der Waals surface area contributed by atoms with Gasteiger partial charge in [-0.25, -0.2) is 4.68 Å². The van der Waals surface area contributed by atoms with Crippen molar-refractivity contribution in [3.63, 3.8) is 0 Å². The van der Waals surface area contributed by atoms with E-state index in [2.05, 4.69) is 5.10 Å². The van der Waals surface area contributed by atoms with Gasteiger partial charge in [-0.05, 0) is 37.1 Å². The van der Waals surface area contributed by atoms with Crippen molar-refractivity contribution in [1.29, 1.82) is 0 Å². The molecule has 1 fully saturated rings. The number of hydrogen-bond donors (Lipinski definition) is 0. The molecule has 0 saturated carbocycles. The molecule has 1 aromatic heterocycles. The lowest BCUT2D eigenvalue weighted by Gasteiger charge is -2.28. The van der Waals surface area contributed by atoms with Crippen LogP contribution in [0.3, 0.4) is 0 Å². The number of methoxy groups -OCH3 is 1. The van der Waals surface area contributed by atoms with Crippen LogP contribution in [0.2, 0.25) is 0 Å². The van der Waals surface area contributed by atoms with Crippen LogP contribution in [0.4, 0.5) is 0 Å². The lowest BCUT2D eigenvalue weighted by Crippen LogP contribution is -2.49. The van der Waals surface area contributed by atoms with E-state index in [9.17, 15) is 14.4 Å². The third-order valence-corrected chi connectivity index (χ3v) is 6.31. The Morgan fingerprint density at radius 2 is 2.07 bits per heavy atom. The number of thioether (sulfide) groups is 1. The lowest BCUT2D eigenvalue weighted by atomic mass is 10.1. The number of aromatic nitrogens is 2. The molecule has 160 valence electrons. The average molecular weight is 431 g/mol. The average Bonchev–Trinajstić information content (AvgIpc) is 3.21. The van der Waals surface area contributed by atoms with Gasteiger partial charge >= 0.3 is 0 Å². The summed E-state index contributed by atoms with van der Waals surface area (Å²) in [4.78, 5) is 42.1. The second-order valence-electron chi connectivity index (χ2n) is 7.35. The van der Waals surface area contributed by atoms with Crippen LogP contribution in [0.5, 0.6) is 5.75 Å². The summed E-state index contributed by atoms with van der Waals surface area (Å²) in [6.07, 6.45) is 0. The van der Waals surface area contributed by atoms with Crippen molar-refractivity contribution in [2.45, 2.75) is 26.4 Å². The monoisotopic (exact) mass is 430 g/mol. The second-order valence-corrected chi connectivity index (χ2v) is 8.35. The lowest BCUT2D eigenvalue weighted by molar-refractivity contribution is -0.134. The van der Waals surface area contributed by atoms with Gasteiger partial charge in [-0.15, -0.1) is 11.8 Å². The van der Waals surface area contributed by atoms with Gasteiger partial charge in [-0.1, -0.05) is 12.1 Å². The van der Waals surface area contributed by atoms with Crippen LogP contribution < -0.4 is 10.3 Å². The largest absolute Gasteiger partial charge is 0.497 e. The van der Waals surface area contributed by atoms with Crippen LogP contribution in [-0.4, -0.2) is 63.2 Å². The molecule has 0 unspecified atom stereocenters. The van der Waals surface area contributed by atoms with Crippen molar-refractivity contribution < 1.29 is 14.3 Å². The van der Waals surface area contributed by atoms with Crippen LogP contribution in [0.1, 0.15) is 27.2 Å². The normalized spacial score (nSPS) is 15.9. The summed E-state index contributed by atoms with van der Waals surface area (Å²) < 4.78 is 6.41. The fourth-order valence-electron chi connectivity index (χ4n) is 3.47. The Bertz CT molecular complexity index is 1040. The Balaban J connectivity index is 1.82. The van der Waals surface area contributed by atoms with E-state index >= 15 is 0 Å². The fraction of sp³-hybridized carbons (Fsp3) is 0.429. The fourth-order valence-corrected chi connectivity index (χ4v) is 4.61. The molecule has 1 atom stereocenters. The van der Waals surface area contributed by atoms with Crippen molar-refractivity contribution in [3.8, 4) is 5.75 Å². The third-order valence-electron chi connectivity index (χ3n) is 5.30. The zero-order valence-electron chi connectivity index (χ0n) is 17.8. The van der Waals surface area contributed by atoms with Gasteiger partial charge in [0.05, 0.1) is 18.7 Å². The first-order chi connectivity index (χ1) is 14.2. The van der Waals surface area contributed by atoms with E-state index in [1.54, 1.807) is 32.9 Å². The topological polar surface area (TPSA) is 84.7 Å². The summed E-state index contributed by atoms with van der Waals surface area (Å²) in [6, 6.07) is 6.90. The van der Waals surface area contributed by atoms with E-state index in [0.717, 1.165) is 11.3 Å². The van der Waals surface area contributed by atoms with Crippen molar-refractivity contribution in [2.75, 3.05) is 25.8 Å². The molecule has 30 heavy (non-hydrogen) atoms. The quantitative estimate of drug-likeness (QED) is 0.716. The van der Waals surface area contributed by atoms with E-state index in [1.165, 1.54) is 28.4 Å². The number of aryl methyl sites for hydroxylation is 2. The van der Waals surface area contributed by atoms with E-state index < -0.39 is 17.5 Å². The minimum Gasteiger partial charge on any atom is -0.497 e. The van der Waals surface area contributed by atoms with E-state index in [0.29, 0.717) is 29.4 Å². The second kappa shape index (κ2) is 8.91. The highest BCUT2D eigenvalue weighted by molar-refractivity contribution is 7.99. The molecule has 1 aliphatic rings. The molecule has 9 heteroatoms. The Morgan fingerprint density at radius 1 is 1.33 bits per heavy atom. The van der Waals surface area contributed by atoms with Crippen molar-refractivity contribution >= 4 is 23.6 Å². The predicted octanol–water partition coefficient (Wildman–Crippen LogP) is 1.58. The highest BCUT2D eigenvalue weighted by Gasteiger charge is 2.38. The minimum absolute atomic E-state index is 0.0840. The molecule has 1 aromatic carbocycles. The maximum Gasteiger partial charge on any atom is 0.279 e. The Labute approximate surface area is 179 Å². The molecule has 8 nitrogen and oxygen atoms in total. The molecule has 0 bridgehead atoms. The Kier molecular flexibility index (Phi) is 6.50. The van der Waals surface area contributed by atoms with Gasteiger partial charge in [0.2, 0.25) is 5.91 Å². The molecular weight excluding hydrogens is 404 g/mol. The van der Waals surface area contributed by atoms with Crippen LogP contribution >= 0.6 is 11.8 Å². The van der Waals surface area contributed by atoms with Crippen molar-refractivity contribution in [1.82, 2.24) is 19.6 Å². The number of carbonyl (C=O) groups is 2. The summed E-state index contributed by atoms with van der Waals surface area (Å²) in [5.41, 5.74) is 1.74. The van der Waals surface area contributed by atoms with Gasteiger partial charge in [-0.2, -0.15) is 5.10 Å². The number of likely N-dealkylation sites (N-methyl/N-ethyl adjacent to an activating group) is 1. The van der Waals surface area contributed by atoms with Gasteiger partial charge < -0.3 is 14.5 Å². The zero-order valence-corrected chi connectivity index (χ0v) is 18.7. The van der Waals surface area contributed by atoms with Crippen molar-refractivity contribution in [3.05, 3.63) is 57.0 Å². The van der Waals surface area contributed by atoms with E-state index in [4.69, 9.17) is 4.74 Å². The van der Waals surface area contributed by atoms with E-state index in [-0.39, 0.29) is 11.5 Å². The van der Waals surface area contributed by atoms with Gasteiger partial charge in [0.25, 0.3) is 11.5 Å². The molecule has 2 amide bonds. The summed E-state index contributed by atoms with van der Waals surface area (Å²) in [6.45, 7) is 3.87. The predicted molar refractivity (Wildman–Crippen MR) is 116 cm³/mol. The highest BCUT2D eigenvalue weighted by Crippen LogP contribution is 2.25. The first-order valence-corrected chi connectivity index (χ1v) is 10.7. The van der Waals surface area contributed by atoms with E-state index in [1.807, 2.05) is 24.3 Å². The number of benzene rings is 1. The molecule has 2 heterocycles. The molecule has 3 rings (SSSR count). The van der Waals surface area contributed by atoms with Crippen molar-refractivity contribution in [2.24, 2.45) is 7.05 Å². The van der Waals surface area contributed by atoms with Gasteiger partial charge in [0, 0.05) is 26.4 Å². The molecule has 0 spiro atoms. The molecule has 0 radical (unpaired) electrons. The number of carbonyl (C=O) groups excluding carboxylic acids is 2. The smallest absolute Gasteiger partial charge is 0.279 e. The molecule has 2 aromatic rings. The SMILES string of the molecule is COc1cccc(CN(C)C(=O)[C@H]2CSCN2C(=O)c2c(C)c(C)nn(C)c2=O)c1. The Morgan fingerprint density at radius 3 is 2.77 bits per heavy atom. The highest BCUT2D eigenvalue weighted by atomic mass is 32.2. The van der Waals surface area contributed by atoms with Gasteiger partial charge in [0.15, 0.2) is 0 Å².